The third kappa shape index (κ3) is 2.47. The zero-order valence-electron chi connectivity index (χ0n) is 11.0. The number of likely N-dealkylation sites (N-methyl/N-ethyl adjacent to an activating group) is 1. The van der Waals surface area contributed by atoms with Crippen LogP contribution >= 0.6 is 0 Å². The van der Waals surface area contributed by atoms with E-state index < -0.39 is 0 Å². The Bertz CT molecular complexity index is 548. The Hall–Kier alpha value is -1.59. The minimum absolute atomic E-state index is 0.0800. The first-order chi connectivity index (χ1) is 8.42. The topological polar surface area (TPSA) is 75.5 Å². The summed E-state index contributed by atoms with van der Waals surface area (Å²) in [6.45, 7) is 4.56. The Balaban J connectivity index is 2.22. The van der Waals surface area contributed by atoms with Gasteiger partial charge in [-0.3, -0.25) is 4.90 Å². The van der Waals surface area contributed by atoms with Crippen LogP contribution in [0.3, 0.4) is 0 Å². The van der Waals surface area contributed by atoms with Gasteiger partial charge in [0.1, 0.15) is 5.52 Å². The summed E-state index contributed by atoms with van der Waals surface area (Å²) in [5, 5.41) is 9.31. The first-order valence-corrected chi connectivity index (χ1v) is 5.89. The van der Waals surface area contributed by atoms with Crippen LogP contribution in [0, 0.1) is 0 Å². The number of aliphatic hydroxyl groups is 1. The lowest BCUT2D eigenvalue weighted by atomic mass is 10.1. The van der Waals surface area contributed by atoms with Gasteiger partial charge in [-0.15, -0.1) is 0 Å². The summed E-state index contributed by atoms with van der Waals surface area (Å²) in [6.07, 6.45) is 0. The molecule has 5 heteroatoms. The molecule has 2 rings (SSSR count). The molecule has 0 saturated carbocycles. The van der Waals surface area contributed by atoms with Crippen LogP contribution in [0.15, 0.2) is 22.6 Å². The second kappa shape index (κ2) is 4.59. The van der Waals surface area contributed by atoms with Crippen LogP contribution in [-0.2, 0) is 6.54 Å². The monoisotopic (exact) mass is 249 g/mol. The summed E-state index contributed by atoms with van der Waals surface area (Å²) < 4.78 is 5.64. The fourth-order valence-corrected chi connectivity index (χ4v) is 1.60. The number of nitrogen functional groups attached to an aromatic ring is 1. The summed E-state index contributed by atoms with van der Waals surface area (Å²) in [5.74, 6) is 0.625. The van der Waals surface area contributed by atoms with E-state index in [2.05, 4.69) is 4.98 Å². The van der Waals surface area contributed by atoms with Crippen LogP contribution < -0.4 is 5.73 Å². The zero-order valence-corrected chi connectivity index (χ0v) is 11.0. The highest BCUT2D eigenvalue weighted by atomic mass is 16.3. The lowest BCUT2D eigenvalue weighted by Crippen LogP contribution is -2.43. The van der Waals surface area contributed by atoms with E-state index in [-0.39, 0.29) is 12.1 Å². The van der Waals surface area contributed by atoms with Crippen molar-refractivity contribution < 1.29 is 9.52 Å². The van der Waals surface area contributed by atoms with E-state index in [1.807, 2.05) is 31.9 Å². The highest BCUT2D eigenvalue weighted by molar-refractivity contribution is 5.76. The summed E-state index contributed by atoms with van der Waals surface area (Å²) in [7, 11) is 1.93. The van der Waals surface area contributed by atoms with E-state index in [4.69, 9.17) is 10.2 Å². The number of oxazole rings is 1. The molecule has 98 valence electrons. The van der Waals surface area contributed by atoms with Gasteiger partial charge in [-0.2, -0.15) is 0 Å². The van der Waals surface area contributed by atoms with Gasteiger partial charge in [0.05, 0.1) is 13.2 Å². The van der Waals surface area contributed by atoms with Gasteiger partial charge < -0.3 is 15.3 Å². The second-order valence-electron chi connectivity index (χ2n) is 5.16. The minimum Gasteiger partial charge on any atom is -0.439 e. The summed E-state index contributed by atoms with van der Waals surface area (Å²) in [6, 6.07) is 5.40. The molecule has 0 spiro atoms. The number of hydrogen-bond donors (Lipinski definition) is 2. The van der Waals surface area contributed by atoms with E-state index in [1.165, 1.54) is 0 Å². The maximum atomic E-state index is 9.31. The highest BCUT2D eigenvalue weighted by Gasteiger charge is 2.23. The molecule has 0 aliphatic carbocycles. The van der Waals surface area contributed by atoms with E-state index >= 15 is 0 Å². The Labute approximate surface area is 106 Å². The molecule has 0 radical (unpaired) electrons. The molecule has 1 heterocycles. The SMILES string of the molecule is CN(Cc1nc2cc(N)ccc2o1)C(C)(C)CO. The molecule has 2 aromatic rings. The fourth-order valence-electron chi connectivity index (χ4n) is 1.60. The molecule has 0 unspecified atom stereocenters. The third-order valence-electron chi connectivity index (χ3n) is 3.25. The number of anilines is 1. The minimum atomic E-state index is -0.306. The molecule has 0 amide bonds. The standard InChI is InChI=1S/C13H19N3O2/c1-13(2,8-17)16(3)7-12-15-10-6-9(14)4-5-11(10)18-12/h4-6,17H,7-8,14H2,1-3H3. The number of aliphatic hydroxyl groups excluding tert-OH is 1. The number of hydrogen-bond acceptors (Lipinski definition) is 5. The van der Waals surface area contributed by atoms with Gasteiger partial charge in [-0.1, -0.05) is 0 Å². The molecular formula is C13H19N3O2. The molecule has 0 aliphatic heterocycles. The zero-order chi connectivity index (χ0) is 13.3. The predicted molar refractivity (Wildman–Crippen MR) is 71.1 cm³/mol. The average Bonchev–Trinajstić information content (AvgIpc) is 2.70. The number of rotatable bonds is 4. The Morgan fingerprint density at radius 3 is 2.83 bits per heavy atom. The lowest BCUT2D eigenvalue weighted by molar-refractivity contribution is 0.0673. The van der Waals surface area contributed by atoms with Crippen molar-refractivity contribution in [1.29, 1.82) is 0 Å². The van der Waals surface area contributed by atoms with Gasteiger partial charge in [0.2, 0.25) is 5.89 Å². The van der Waals surface area contributed by atoms with Crippen LogP contribution in [0.1, 0.15) is 19.7 Å². The number of nitrogens with zero attached hydrogens (tertiary/aromatic N) is 2. The largest absolute Gasteiger partial charge is 0.439 e. The maximum Gasteiger partial charge on any atom is 0.209 e. The van der Waals surface area contributed by atoms with Crippen LogP contribution in [0.25, 0.3) is 11.1 Å². The molecule has 0 bridgehead atoms. The summed E-state index contributed by atoms with van der Waals surface area (Å²) in [4.78, 5) is 6.39. The number of benzene rings is 1. The van der Waals surface area contributed by atoms with Crippen LogP contribution in [0.4, 0.5) is 5.69 Å². The van der Waals surface area contributed by atoms with Crippen molar-refractivity contribution in [2.75, 3.05) is 19.4 Å². The molecule has 3 N–H and O–H groups in total. The molecule has 0 aliphatic rings. The van der Waals surface area contributed by atoms with Crippen LogP contribution in [0.2, 0.25) is 0 Å². The van der Waals surface area contributed by atoms with Crippen molar-refractivity contribution in [3.63, 3.8) is 0 Å². The lowest BCUT2D eigenvalue weighted by Gasteiger charge is -2.32. The van der Waals surface area contributed by atoms with Crippen molar-refractivity contribution in [3.8, 4) is 0 Å². The first-order valence-electron chi connectivity index (χ1n) is 5.89. The second-order valence-corrected chi connectivity index (χ2v) is 5.16. The van der Waals surface area contributed by atoms with Crippen molar-refractivity contribution in [1.82, 2.24) is 9.88 Å². The summed E-state index contributed by atoms with van der Waals surface area (Å²) in [5.41, 5.74) is 7.56. The van der Waals surface area contributed by atoms with Gasteiger partial charge in [0.15, 0.2) is 5.58 Å². The molecule has 18 heavy (non-hydrogen) atoms. The number of nitrogens with two attached hydrogens (primary N) is 1. The normalized spacial score (nSPS) is 12.5. The van der Waals surface area contributed by atoms with E-state index in [0.717, 1.165) is 11.1 Å². The molecule has 5 nitrogen and oxygen atoms in total. The molecular weight excluding hydrogens is 230 g/mol. The maximum absolute atomic E-state index is 9.31. The summed E-state index contributed by atoms with van der Waals surface area (Å²) >= 11 is 0. The van der Waals surface area contributed by atoms with Gasteiger partial charge in [-0.05, 0) is 39.1 Å². The van der Waals surface area contributed by atoms with Gasteiger partial charge in [0.25, 0.3) is 0 Å². The smallest absolute Gasteiger partial charge is 0.209 e. The predicted octanol–water partition coefficient (Wildman–Crippen LogP) is 1.61. The Kier molecular flexibility index (Phi) is 3.28. The molecule has 1 aromatic heterocycles. The van der Waals surface area contributed by atoms with Crippen molar-refractivity contribution in [2.24, 2.45) is 0 Å². The van der Waals surface area contributed by atoms with Crippen LogP contribution in [-0.4, -0.2) is 34.2 Å². The number of aromatic nitrogens is 1. The highest BCUT2D eigenvalue weighted by Crippen LogP contribution is 2.21. The first kappa shape index (κ1) is 12.9. The van der Waals surface area contributed by atoms with Crippen LogP contribution in [0.5, 0.6) is 0 Å². The quantitative estimate of drug-likeness (QED) is 0.805. The van der Waals surface area contributed by atoms with Crippen molar-refractivity contribution >= 4 is 16.8 Å². The molecule has 1 aromatic carbocycles. The molecule has 0 atom stereocenters. The van der Waals surface area contributed by atoms with E-state index in [9.17, 15) is 5.11 Å². The Morgan fingerprint density at radius 2 is 2.17 bits per heavy atom. The third-order valence-corrected chi connectivity index (χ3v) is 3.25. The van der Waals surface area contributed by atoms with Gasteiger partial charge >= 0.3 is 0 Å². The Morgan fingerprint density at radius 1 is 1.44 bits per heavy atom. The van der Waals surface area contributed by atoms with Gasteiger partial charge in [-0.25, -0.2) is 4.98 Å². The molecule has 0 saturated heterocycles. The molecule has 0 fully saturated rings. The van der Waals surface area contributed by atoms with Crippen molar-refractivity contribution in [3.05, 3.63) is 24.1 Å². The average molecular weight is 249 g/mol. The van der Waals surface area contributed by atoms with Gasteiger partial charge in [0, 0.05) is 11.2 Å². The number of fused-ring (bicyclic) bond motifs is 1. The van der Waals surface area contributed by atoms with E-state index in [1.54, 1.807) is 12.1 Å². The fraction of sp³-hybridized carbons (Fsp3) is 0.462. The van der Waals surface area contributed by atoms with Crippen molar-refractivity contribution in [2.45, 2.75) is 25.9 Å². The van der Waals surface area contributed by atoms with E-state index in [0.29, 0.717) is 18.1 Å².